The lowest BCUT2D eigenvalue weighted by Crippen LogP contribution is -2.17. The van der Waals surface area contributed by atoms with Crippen LogP contribution in [0.4, 0.5) is 5.00 Å². The van der Waals surface area contributed by atoms with Gasteiger partial charge < -0.3 is 19.4 Å². The highest BCUT2D eigenvalue weighted by Crippen LogP contribution is 2.38. The standard InChI is InChI=1S/C26H32N4O4S2/c1-6-30-23(17(4)34-18-12-11-15(2)16(3)13-18)28-29-26(30)35-14-21(31)27-24-22(25(32)33-5)19-9-7-8-10-20(19)36-24/h11-13,17H,6-10,14H2,1-5H3,(H,27,31). The number of aryl methyl sites for hydroxylation is 3. The quantitative estimate of drug-likeness (QED) is 0.289. The van der Waals surface area contributed by atoms with Gasteiger partial charge in [-0.15, -0.1) is 21.5 Å². The van der Waals surface area contributed by atoms with Crippen LogP contribution in [0.25, 0.3) is 0 Å². The molecule has 0 bridgehead atoms. The number of hydrogen-bond acceptors (Lipinski definition) is 8. The molecule has 1 unspecified atom stereocenters. The number of thiophene rings is 1. The van der Waals surface area contributed by atoms with Crippen LogP contribution >= 0.6 is 23.1 Å². The van der Waals surface area contributed by atoms with Crippen LogP contribution < -0.4 is 10.1 Å². The van der Waals surface area contributed by atoms with Crippen molar-refractivity contribution in [2.45, 2.75) is 71.2 Å². The molecule has 1 amide bonds. The number of fused-ring (bicyclic) bond motifs is 1. The van der Waals surface area contributed by atoms with Gasteiger partial charge >= 0.3 is 5.97 Å². The van der Waals surface area contributed by atoms with E-state index in [0.717, 1.165) is 41.9 Å². The zero-order valence-corrected chi connectivity index (χ0v) is 23.0. The Balaban J connectivity index is 1.43. The van der Waals surface area contributed by atoms with Crippen LogP contribution in [0.3, 0.4) is 0 Å². The molecule has 36 heavy (non-hydrogen) atoms. The summed E-state index contributed by atoms with van der Waals surface area (Å²) in [6.07, 6.45) is 3.60. The zero-order chi connectivity index (χ0) is 25.8. The third-order valence-corrected chi connectivity index (χ3v) is 8.54. The first-order valence-electron chi connectivity index (χ1n) is 12.1. The number of aromatic nitrogens is 3. The van der Waals surface area contributed by atoms with E-state index in [9.17, 15) is 9.59 Å². The summed E-state index contributed by atoms with van der Waals surface area (Å²) in [6.45, 7) is 8.73. The molecule has 0 saturated heterocycles. The summed E-state index contributed by atoms with van der Waals surface area (Å²) in [6, 6.07) is 6.01. The highest BCUT2D eigenvalue weighted by Gasteiger charge is 2.27. The van der Waals surface area contributed by atoms with Crippen LogP contribution in [0.15, 0.2) is 23.4 Å². The molecule has 10 heteroatoms. The van der Waals surface area contributed by atoms with Gasteiger partial charge in [0, 0.05) is 11.4 Å². The third-order valence-electron chi connectivity index (χ3n) is 6.36. The smallest absolute Gasteiger partial charge is 0.341 e. The molecule has 1 aromatic carbocycles. The van der Waals surface area contributed by atoms with Gasteiger partial charge in [-0.3, -0.25) is 4.79 Å². The molecule has 3 aromatic rings. The number of methoxy groups -OCH3 is 1. The Hall–Kier alpha value is -2.85. The second kappa shape index (κ2) is 11.5. The lowest BCUT2D eigenvalue weighted by atomic mass is 9.95. The number of rotatable bonds is 9. The van der Waals surface area contributed by atoms with Gasteiger partial charge in [-0.05, 0) is 82.2 Å². The van der Waals surface area contributed by atoms with Gasteiger partial charge in [0.25, 0.3) is 0 Å². The third kappa shape index (κ3) is 5.59. The lowest BCUT2D eigenvalue weighted by molar-refractivity contribution is -0.113. The Bertz CT molecular complexity index is 1270. The minimum Gasteiger partial charge on any atom is -0.483 e. The average Bonchev–Trinajstić information content (AvgIpc) is 3.45. The van der Waals surface area contributed by atoms with Gasteiger partial charge in [-0.2, -0.15) is 0 Å². The van der Waals surface area contributed by atoms with Crippen molar-refractivity contribution in [1.82, 2.24) is 14.8 Å². The van der Waals surface area contributed by atoms with E-state index in [0.29, 0.717) is 28.1 Å². The molecule has 1 atom stereocenters. The van der Waals surface area contributed by atoms with Crippen LogP contribution in [-0.2, 0) is 28.9 Å². The molecule has 0 fully saturated rings. The molecular weight excluding hydrogens is 496 g/mol. The fourth-order valence-electron chi connectivity index (χ4n) is 4.31. The Morgan fingerprint density at radius 2 is 1.97 bits per heavy atom. The summed E-state index contributed by atoms with van der Waals surface area (Å²) in [5.74, 6) is 1.04. The minimum atomic E-state index is -0.398. The number of amides is 1. The molecular formula is C26H32N4O4S2. The van der Waals surface area contributed by atoms with Crippen molar-refractivity contribution < 1.29 is 19.1 Å². The zero-order valence-electron chi connectivity index (χ0n) is 21.3. The highest BCUT2D eigenvalue weighted by molar-refractivity contribution is 7.99. The van der Waals surface area contributed by atoms with Crippen LogP contribution in [0.5, 0.6) is 5.75 Å². The second-order valence-electron chi connectivity index (χ2n) is 8.83. The fourth-order valence-corrected chi connectivity index (χ4v) is 6.42. The molecule has 1 aliphatic carbocycles. The number of anilines is 1. The first-order valence-corrected chi connectivity index (χ1v) is 13.9. The van der Waals surface area contributed by atoms with E-state index in [1.54, 1.807) is 0 Å². The number of carbonyl (C=O) groups excluding carboxylic acids is 2. The van der Waals surface area contributed by atoms with Crippen molar-refractivity contribution in [3.8, 4) is 5.75 Å². The maximum absolute atomic E-state index is 12.8. The van der Waals surface area contributed by atoms with E-state index >= 15 is 0 Å². The number of thioether (sulfide) groups is 1. The van der Waals surface area contributed by atoms with Crippen molar-refractivity contribution in [3.63, 3.8) is 0 Å². The van der Waals surface area contributed by atoms with Crippen LogP contribution in [-0.4, -0.2) is 39.5 Å². The van der Waals surface area contributed by atoms with Gasteiger partial charge in [-0.25, -0.2) is 4.79 Å². The topological polar surface area (TPSA) is 95.3 Å². The van der Waals surface area contributed by atoms with Gasteiger partial charge in [0.15, 0.2) is 17.1 Å². The number of carbonyl (C=O) groups is 2. The lowest BCUT2D eigenvalue weighted by Gasteiger charge is -2.16. The Kier molecular flexibility index (Phi) is 8.35. The van der Waals surface area contributed by atoms with Gasteiger partial charge in [0.05, 0.1) is 18.4 Å². The number of esters is 1. The van der Waals surface area contributed by atoms with E-state index < -0.39 is 5.97 Å². The van der Waals surface area contributed by atoms with Crippen LogP contribution in [0.2, 0.25) is 0 Å². The van der Waals surface area contributed by atoms with E-state index in [1.807, 2.05) is 36.6 Å². The molecule has 2 aromatic heterocycles. The molecule has 4 rings (SSSR count). The Labute approximate surface area is 219 Å². The molecule has 0 spiro atoms. The predicted molar refractivity (Wildman–Crippen MR) is 142 cm³/mol. The number of benzene rings is 1. The van der Waals surface area contributed by atoms with Crippen LogP contribution in [0.1, 0.15) is 70.5 Å². The summed E-state index contributed by atoms with van der Waals surface area (Å²) in [5, 5.41) is 12.8. The van der Waals surface area contributed by atoms with Gasteiger partial charge in [0.1, 0.15) is 10.8 Å². The maximum atomic E-state index is 12.8. The Morgan fingerprint density at radius 3 is 2.69 bits per heavy atom. The highest BCUT2D eigenvalue weighted by atomic mass is 32.2. The fraction of sp³-hybridized carbons (Fsp3) is 0.462. The predicted octanol–water partition coefficient (Wildman–Crippen LogP) is 5.51. The maximum Gasteiger partial charge on any atom is 0.341 e. The number of nitrogens with one attached hydrogen (secondary N) is 1. The number of nitrogens with zero attached hydrogens (tertiary/aromatic N) is 3. The van der Waals surface area contributed by atoms with Crippen molar-refractivity contribution in [1.29, 1.82) is 0 Å². The molecule has 1 N–H and O–H groups in total. The molecule has 2 heterocycles. The molecule has 0 aliphatic heterocycles. The second-order valence-corrected chi connectivity index (χ2v) is 10.9. The first-order chi connectivity index (χ1) is 17.3. The molecule has 8 nitrogen and oxygen atoms in total. The van der Waals surface area contributed by atoms with E-state index in [-0.39, 0.29) is 17.8 Å². The summed E-state index contributed by atoms with van der Waals surface area (Å²) < 4.78 is 13.1. The molecule has 0 saturated carbocycles. The summed E-state index contributed by atoms with van der Waals surface area (Å²) >= 11 is 2.80. The van der Waals surface area contributed by atoms with Gasteiger partial charge in [-0.1, -0.05) is 17.8 Å². The van der Waals surface area contributed by atoms with Crippen LogP contribution in [0, 0.1) is 13.8 Å². The summed E-state index contributed by atoms with van der Waals surface area (Å²) in [4.78, 5) is 26.4. The molecule has 0 radical (unpaired) electrons. The van der Waals surface area contributed by atoms with Crippen molar-refractivity contribution in [2.75, 3.05) is 18.2 Å². The minimum absolute atomic E-state index is 0.147. The average molecular weight is 529 g/mol. The number of hydrogen-bond donors (Lipinski definition) is 1. The summed E-state index contributed by atoms with van der Waals surface area (Å²) in [5.41, 5.74) is 3.91. The van der Waals surface area contributed by atoms with E-state index in [2.05, 4.69) is 29.4 Å². The van der Waals surface area contributed by atoms with E-state index in [4.69, 9.17) is 9.47 Å². The van der Waals surface area contributed by atoms with E-state index in [1.165, 1.54) is 41.3 Å². The molecule has 192 valence electrons. The van der Waals surface area contributed by atoms with Crippen molar-refractivity contribution in [3.05, 3.63) is 51.2 Å². The Morgan fingerprint density at radius 1 is 1.19 bits per heavy atom. The monoisotopic (exact) mass is 528 g/mol. The summed E-state index contributed by atoms with van der Waals surface area (Å²) in [7, 11) is 1.37. The number of ether oxygens (including phenoxy) is 2. The molecule has 1 aliphatic rings. The van der Waals surface area contributed by atoms with Crippen molar-refractivity contribution in [2.24, 2.45) is 0 Å². The van der Waals surface area contributed by atoms with Crippen molar-refractivity contribution >= 4 is 40.0 Å². The van der Waals surface area contributed by atoms with Gasteiger partial charge in [0.2, 0.25) is 5.91 Å². The SMILES string of the molecule is CCn1c(SCC(=O)Nc2sc3c(c2C(=O)OC)CCCC3)nnc1C(C)Oc1ccc(C)c(C)c1. The normalized spacial score (nSPS) is 13.7. The largest absolute Gasteiger partial charge is 0.483 e. The first kappa shape index (κ1) is 26.2.